The van der Waals surface area contributed by atoms with E-state index < -0.39 is 0 Å². The van der Waals surface area contributed by atoms with Gasteiger partial charge in [0.05, 0.1) is 24.5 Å². The van der Waals surface area contributed by atoms with Gasteiger partial charge in [0.2, 0.25) is 11.3 Å². The third-order valence-corrected chi connectivity index (χ3v) is 3.92. The van der Waals surface area contributed by atoms with E-state index in [0.29, 0.717) is 38.1 Å². The van der Waals surface area contributed by atoms with Crippen molar-refractivity contribution in [2.45, 2.75) is 26.0 Å². The molecule has 3 rings (SSSR count). The van der Waals surface area contributed by atoms with Gasteiger partial charge >= 0.3 is 0 Å². The molecule has 2 aromatic heterocycles. The maximum Gasteiger partial charge on any atom is 0.221 e. The molecular weight excluding hydrogens is 334 g/mol. The third-order valence-electron chi connectivity index (χ3n) is 3.92. The van der Waals surface area contributed by atoms with Crippen LogP contribution in [0.1, 0.15) is 18.6 Å². The highest BCUT2D eigenvalue weighted by atomic mass is 16.5. The lowest BCUT2D eigenvalue weighted by Gasteiger charge is -2.09. The van der Waals surface area contributed by atoms with Gasteiger partial charge < -0.3 is 14.5 Å². The smallest absolute Gasteiger partial charge is 0.221 e. The minimum absolute atomic E-state index is 0.0550. The van der Waals surface area contributed by atoms with Crippen LogP contribution in [0, 0.1) is 0 Å². The van der Waals surface area contributed by atoms with Crippen molar-refractivity contribution in [3.05, 3.63) is 64.8 Å². The summed E-state index contributed by atoms with van der Waals surface area (Å²) in [5.41, 5.74) is 0.620. The number of benzene rings is 1. The van der Waals surface area contributed by atoms with Gasteiger partial charge in [0.1, 0.15) is 12.4 Å². The number of furan rings is 1. The number of amides is 1. The number of hydrogen-bond acceptors (Lipinski definition) is 5. The summed E-state index contributed by atoms with van der Waals surface area (Å²) in [6.45, 7) is 1.95. The lowest BCUT2D eigenvalue weighted by molar-refractivity contribution is -0.121. The van der Waals surface area contributed by atoms with E-state index in [1.54, 1.807) is 17.0 Å². The van der Waals surface area contributed by atoms with Crippen LogP contribution in [-0.4, -0.2) is 28.8 Å². The Balaban J connectivity index is 1.38. The molecule has 7 nitrogen and oxygen atoms in total. The number of rotatable bonds is 9. The van der Waals surface area contributed by atoms with Crippen molar-refractivity contribution in [2.24, 2.45) is 0 Å². The number of carbonyl (C=O) groups excluding carboxylic acids is 1. The summed E-state index contributed by atoms with van der Waals surface area (Å²) >= 11 is 0. The van der Waals surface area contributed by atoms with Crippen LogP contribution < -0.4 is 10.7 Å². The first kappa shape index (κ1) is 17.9. The maximum atomic E-state index is 12.0. The quantitative estimate of drug-likeness (QED) is 0.594. The molecule has 0 aliphatic carbocycles. The van der Waals surface area contributed by atoms with Gasteiger partial charge in [-0.25, -0.2) is 0 Å². The van der Waals surface area contributed by atoms with Gasteiger partial charge in [0.25, 0.3) is 0 Å². The highest BCUT2D eigenvalue weighted by molar-refractivity contribution is 5.78. The molecule has 0 aliphatic heterocycles. The Morgan fingerprint density at radius 2 is 2.12 bits per heavy atom. The lowest BCUT2D eigenvalue weighted by Crippen LogP contribution is -2.26. The Morgan fingerprint density at radius 3 is 2.96 bits per heavy atom. The predicted molar refractivity (Wildman–Crippen MR) is 96.6 cm³/mol. The highest BCUT2D eigenvalue weighted by Gasteiger charge is 2.06. The Hall–Kier alpha value is -2.93. The van der Waals surface area contributed by atoms with Crippen molar-refractivity contribution in [3.8, 4) is 0 Å². The van der Waals surface area contributed by atoms with E-state index >= 15 is 0 Å². The Morgan fingerprint density at radius 1 is 1.23 bits per heavy atom. The van der Waals surface area contributed by atoms with E-state index in [9.17, 15) is 9.59 Å². The summed E-state index contributed by atoms with van der Waals surface area (Å²) in [4.78, 5) is 23.8. The average molecular weight is 355 g/mol. The van der Waals surface area contributed by atoms with Crippen LogP contribution in [0.15, 0.2) is 58.1 Å². The molecule has 0 saturated carbocycles. The summed E-state index contributed by atoms with van der Waals surface area (Å²) in [5.74, 6) is 0.732. The topological polar surface area (TPSA) is 86.4 Å². The van der Waals surface area contributed by atoms with Crippen molar-refractivity contribution in [2.75, 3.05) is 13.2 Å². The van der Waals surface area contributed by atoms with Crippen LogP contribution in [0.4, 0.5) is 0 Å². The van der Waals surface area contributed by atoms with E-state index in [1.165, 1.54) is 6.20 Å². The number of fused-ring (bicyclic) bond motifs is 1. The number of carbonyl (C=O) groups is 1. The lowest BCUT2D eigenvalue weighted by atomic mass is 10.2. The zero-order valence-electron chi connectivity index (χ0n) is 14.4. The van der Waals surface area contributed by atoms with Gasteiger partial charge in [-0.1, -0.05) is 12.1 Å². The molecule has 136 valence electrons. The second-order valence-corrected chi connectivity index (χ2v) is 5.83. The maximum absolute atomic E-state index is 12.0. The first-order valence-electron chi connectivity index (χ1n) is 8.56. The molecule has 3 aromatic rings. The average Bonchev–Trinajstić information content (AvgIpc) is 3.18. The van der Waals surface area contributed by atoms with Crippen LogP contribution in [0.25, 0.3) is 10.9 Å². The largest absolute Gasteiger partial charge is 0.467 e. The van der Waals surface area contributed by atoms with Crippen LogP contribution in [0.2, 0.25) is 0 Å². The number of aryl methyl sites for hydroxylation is 1. The van der Waals surface area contributed by atoms with E-state index in [2.05, 4.69) is 10.4 Å². The summed E-state index contributed by atoms with van der Waals surface area (Å²) in [7, 11) is 0. The number of nitrogens with zero attached hydrogens (tertiary/aromatic N) is 2. The number of hydrogen-bond donors (Lipinski definition) is 1. The SMILES string of the molecule is O=C(CCn1ncc(=O)c2ccccc21)NCCCOCc1ccco1. The first-order chi connectivity index (χ1) is 12.7. The second-order valence-electron chi connectivity index (χ2n) is 5.83. The van der Waals surface area contributed by atoms with Crippen LogP contribution in [-0.2, 0) is 22.7 Å². The van der Waals surface area contributed by atoms with Crippen molar-refractivity contribution >= 4 is 16.8 Å². The number of nitrogens with one attached hydrogen (secondary N) is 1. The van der Waals surface area contributed by atoms with E-state index in [4.69, 9.17) is 9.15 Å². The molecular formula is C19H21N3O4. The van der Waals surface area contributed by atoms with E-state index in [0.717, 1.165) is 17.7 Å². The molecule has 0 aliphatic rings. The molecule has 1 aromatic carbocycles. The fourth-order valence-corrected chi connectivity index (χ4v) is 2.60. The standard InChI is InChI=1S/C19H21N3O4/c23-18-13-21-22(17-7-2-1-6-16(17)18)10-8-19(24)20-9-4-11-25-14-15-5-3-12-26-15/h1-3,5-7,12-13H,4,8-11,14H2,(H,20,24). The minimum atomic E-state index is -0.115. The number of aromatic nitrogens is 2. The molecule has 0 saturated heterocycles. The van der Waals surface area contributed by atoms with Crippen molar-refractivity contribution in [1.82, 2.24) is 15.1 Å². The van der Waals surface area contributed by atoms with Crippen LogP contribution in [0.5, 0.6) is 0 Å². The molecule has 0 spiro atoms. The first-order valence-corrected chi connectivity index (χ1v) is 8.56. The van der Waals surface area contributed by atoms with E-state index in [1.807, 2.05) is 30.3 Å². The molecule has 7 heteroatoms. The molecule has 0 atom stereocenters. The zero-order valence-corrected chi connectivity index (χ0v) is 14.4. The molecule has 26 heavy (non-hydrogen) atoms. The Bertz CT molecular complexity index is 903. The molecule has 1 N–H and O–H groups in total. The Labute approximate surface area is 150 Å². The normalized spacial score (nSPS) is 10.9. The minimum Gasteiger partial charge on any atom is -0.467 e. The van der Waals surface area contributed by atoms with Gasteiger partial charge in [-0.15, -0.1) is 0 Å². The van der Waals surface area contributed by atoms with Crippen molar-refractivity contribution < 1.29 is 13.9 Å². The van der Waals surface area contributed by atoms with Gasteiger partial charge in [0.15, 0.2) is 0 Å². The fraction of sp³-hybridized carbons (Fsp3) is 0.316. The molecule has 0 bridgehead atoms. The predicted octanol–water partition coefficient (Wildman–Crippen LogP) is 2.10. The summed E-state index contributed by atoms with van der Waals surface area (Å²) in [5, 5.41) is 7.59. The van der Waals surface area contributed by atoms with Crippen molar-refractivity contribution in [3.63, 3.8) is 0 Å². The van der Waals surface area contributed by atoms with Crippen molar-refractivity contribution in [1.29, 1.82) is 0 Å². The summed E-state index contributed by atoms with van der Waals surface area (Å²) in [6, 6.07) is 10.9. The third kappa shape index (κ3) is 4.80. The van der Waals surface area contributed by atoms with Gasteiger partial charge in [-0.3, -0.25) is 14.3 Å². The Kier molecular flexibility index (Phi) is 6.16. The highest BCUT2D eigenvalue weighted by Crippen LogP contribution is 2.08. The molecule has 1 amide bonds. The fourth-order valence-electron chi connectivity index (χ4n) is 2.60. The van der Waals surface area contributed by atoms with Gasteiger partial charge in [-0.2, -0.15) is 5.10 Å². The van der Waals surface area contributed by atoms with Gasteiger partial charge in [-0.05, 0) is 30.7 Å². The van der Waals surface area contributed by atoms with E-state index in [-0.39, 0.29) is 11.3 Å². The van der Waals surface area contributed by atoms with Crippen LogP contribution >= 0.6 is 0 Å². The number of para-hydroxylation sites is 1. The second kappa shape index (κ2) is 8.96. The summed E-state index contributed by atoms with van der Waals surface area (Å²) in [6.07, 6.45) is 3.93. The van der Waals surface area contributed by atoms with Gasteiger partial charge in [0, 0.05) is 25.0 Å². The molecule has 0 unspecified atom stereocenters. The molecule has 0 fully saturated rings. The number of ether oxygens (including phenoxy) is 1. The monoisotopic (exact) mass is 355 g/mol. The zero-order chi connectivity index (χ0) is 18.2. The summed E-state index contributed by atoms with van der Waals surface area (Å²) < 4.78 is 12.3. The molecule has 0 radical (unpaired) electrons. The van der Waals surface area contributed by atoms with Crippen LogP contribution in [0.3, 0.4) is 0 Å². The molecule has 2 heterocycles.